The van der Waals surface area contributed by atoms with Crippen molar-refractivity contribution >= 4 is 46.2 Å². The van der Waals surface area contributed by atoms with Crippen molar-refractivity contribution in [3.63, 3.8) is 0 Å². The molecule has 0 radical (unpaired) electrons. The lowest BCUT2D eigenvalue weighted by atomic mass is 10.2. The summed E-state index contributed by atoms with van der Waals surface area (Å²) in [4.78, 5) is 11.3. The first-order valence-corrected chi connectivity index (χ1v) is 6.97. The molecule has 0 saturated heterocycles. The fraction of sp³-hybridized carbons (Fsp3) is 0.100. The summed E-state index contributed by atoms with van der Waals surface area (Å²) in [5.74, 6) is 0.255. The lowest BCUT2D eigenvalue weighted by molar-refractivity contribution is 0.458. The van der Waals surface area contributed by atoms with E-state index in [4.69, 9.17) is 31.9 Å². The van der Waals surface area contributed by atoms with Gasteiger partial charge < -0.3 is 9.50 Å². The van der Waals surface area contributed by atoms with Crippen molar-refractivity contribution < 1.29 is 12.9 Å². The topological polar surface area (TPSA) is 97.2 Å². The summed E-state index contributed by atoms with van der Waals surface area (Å²) >= 11 is 8.87. The Kier molecular flexibility index (Phi) is 4.71. The van der Waals surface area contributed by atoms with Gasteiger partial charge in [-0.1, -0.05) is 6.07 Å². The van der Waals surface area contributed by atoms with Crippen LogP contribution in [-0.4, -0.2) is 23.7 Å². The predicted octanol–water partition coefficient (Wildman–Crippen LogP) is 2.75. The average Bonchev–Trinajstić information content (AvgIpc) is 2.30. The number of anilines is 2. The predicted molar refractivity (Wildman–Crippen MR) is 75.7 cm³/mol. The number of hydrogen-bond acceptors (Lipinski definition) is 6. The number of nitrogens with one attached hydrogen (secondary N) is 1. The second-order valence-electron chi connectivity index (χ2n) is 3.62. The lowest BCUT2D eigenvalue weighted by Gasteiger charge is -2.10. The first kappa shape index (κ1) is 14.9. The average molecular weight is 335 g/mol. The minimum Gasteiger partial charge on any atom is -0.378 e. The van der Waals surface area contributed by atoms with E-state index >= 15 is 0 Å². The lowest BCUT2D eigenvalue weighted by Crippen LogP contribution is -2.04. The van der Waals surface area contributed by atoms with E-state index in [1.54, 1.807) is 18.2 Å². The number of hydrogen-bond donors (Lipinski definition) is 2. The van der Waals surface area contributed by atoms with Crippen LogP contribution >= 0.6 is 23.2 Å². The van der Waals surface area contributed by atoms with E-state index in [1.165, 1.54) is 0 Å². The van der Waals surface area contributed by atoms with E-state index in [1.807, 2.05) is 6.92 Å². The van der Waals surface area contributed by atoms with Crippen LogP contribution < -0.4 is 9.50 Å². The van der Waals surface area contributed by atoms with Crippen molar-refractivity contribution in [1.29, 1.82) is 0 Å². The van der Waals surface area contributed by atoms with E-state index in [0.29, 0.717) is 5.69 Å². The molecule has 0 fully saturated rings. The van der Waals surface area contributed by atoms with Crippen LogP contribution in [0.2, 0.25) is 10.6 Å². The quantitative estimate of drug-likeness (QED) is 0.829. The van der Waals surface area contributed by atoms with Crippen LogP contribution in [0.25, 0.3) is 0 Å². The molecule has 10 heteroatoms. The molecule has 7 nitrogen and oxygen atoms in total. The largest absolute Gasteiger partial charge is 0.378 e. The molecule has 2 aromatic rings. The number of rotatable bonds is 4. The van der Waals surface area contributed by atoms with Crippen LogP contribution in [0.3, 0.4) is 0 Å². The Morgan fingerprint density at radius 1 is 1.25 bits per heavy atom. The van der Waals surface area contributed by atoms with Crippen LogP contribution in [0.4, 0.5) is 11.6 Å². The molecule has 2 N–H and O–H groups in total. The van der Waals surface area contributed by atoms with Crippen molar-refractivity contribution in [2.45, 2.75) is 6.92 Å². The summed E-state index contributed by atoms with van der Waals surface area (Å²) in [6.07, 6.45) is 0. The van der Waals surface area contributed by atoms with E-state index in [9.17, 15) is 4.21 Å². The Hall–Kier alpha value is -1.48. The molecule has 0 bridgehead atoms. The van der Waals surface area contributed by atoms with Gasteiger partial charge in [0.2, 0.25) is 16.5 Å². The van der Waals surface area contributed by atoms with Crippen molar-refractivity contribution in [1.82, 2.24) is 15.0 Å². The highest BCUT2D eigenvalue weighted by Gasteiger charge is 2.10. The zero-order valence-electron chi connectivity index (χ0n) is 10.0. The Balaban J connectivity index is 2.34. The zero-order valence-corrected chi connectivity index (χ0v) is 12.3. The fourth-order valence-electron chi connectivity index (χ4n) is 1.38. The molecular weight excluding hydrogens is 327 g/mol. The van der Waals surface area contributed by atoms with E-state index in [0.717, 1.165) is 5.56 Å². The van der Waals surface area contributed by atoms with Crippen LogP contribution in [0.1, 0.15) is 5.56 Å². The summed E-state index contributed by atoms with van der Waals surface area (Å²) in [6, 6.07) is 5.00. The van der Waals surface area contributed by atoms with E-state index < -0.39 is 11.4 Å². The van der Waals surface area contributed by atoms with Gasteiger partial charge in [0, 0.05) is 0 Å². The number of aryl methyl sites for hydroxylation is 1. The van der Waals surface area contributed by atoms with E-state index in [-0.39, 0.29) is 22.3 Å². The van der Waals surface area contributed by atoms with Gasteiger partial charge in [-0.2, -0.15) is 19.2 Å². The Bertz CT molecular complexity index is 651. The monoisotopic (exact) mass is 334 g/mol. The molecule has 1 aromatic carbocycles. The SMILES string of the molecule is Cc1ccc(Nc2nc(Cl)nc(Cl)n2)c(OS(=O)O)c1. The smallest absolute Gasteiger partial charge is 0.357 e. The molecule has 0 aliphatic rings. The summed E-state index contributed by atoms with van der Waals surface area (Å²) in [7, 11) is 0. The summed E-state index contributed by atoms with van der Waals surface area (Å²) in [5.41, 5.74) is 1.24. The highest BCUT2D eigenvalue weighted by atomic mass is 35.5. The van der Waals surface area contributed by atoms with E-state index in [2.05, 4.69) is 20.3 Å². The zero-order chi connectivity index (χ0) is 14.7. The maximum absolute atomic E-state index is 10.8. The molecule has 0 spiro atoms. The van der Waals surface area contributed by atoms with Gasteiger partial charge in [0.25, 0.3) is 0 Å². The first-order chi connectivity index (χ1) is 9.44. The first-order valence-electron chi connectivity index (χ1n) is 5.18. The number of halogens is 2. The minimum atomic E-state index is -2.45. The van der Waals surface area contributed by atoms with Crippen molar-refractivity contribution in [2.75, 3.05) is 5.32 Å². The van der Waals surface area contributed by atoms with Gasteiger partial charge in [-0.25, -0.2) is 0 Å². The fourth-order valence-corrected chi connectivity index (χ4v) is 2.04. The molecular formula is C10H8Cl2N4O3S. The highest BCUT2D eigenvalue weighted by Crippen LogP contribution is 2.28. The van der Waals surface area contributed by atoms with Crippen LogP contribution in [0.15, 0.2) is 18.2 Å². The second kappa shape index (κ2) is 6.31. The maximum atomic E-state index is 10.8. The molecule has 1 atom stereocenters. The third kappa shape index (κ3) is 4.01. The number of aromatic nitrogens is 3. The number of nitrogens with zero attached hydrogens (tertiary/aromatic N) is 3. The van der Waals surface area contributed by atoms with Gasteiger partial charge in [0.1, 0.15) is 0 Å². The summed E-state index contributed by atoms with van der Waals surface area (Å²) < 4.78 is 24.4. The Morgan fingerprint density at radius 3 is 2.50 bits per heavy atom. The van der Waals surface area contributed by atoms with Gasteiger partial charge in [-0.15, -0.1) is 0 Å². The van der Waals surface area contributed by atoms with Crippen LogP contribution in [0.5, 0.6) is 5.75 Å². The normalized spacial score (nSPS) is 12.0. The van der Waals surface area contributed by atoms with Crippen LogP contribution in [0, 0.1) is 6.92 Å². The Labute approximate surface area is 126 Å². The summed E-state index contributed by atoms with van der Waals surface area (Å²) in [6.45, 7) is 1.81. The number of benzene rings is 1. The Morgan fingerprint density at radius 2 is 1.90 bits per heavy atom. The molecule has 20 heavy (non-hydrogen) atoms. The van der Waals surface area contributed by atoms with Crippen LogP contribution in [-0.2, 0) is 11.4 Å². The molecule has 0 amide bonds. The molecule has 1 unspecified atom stereocenters. The van der Waals surface area contributed by atoms with Gasteiger partial charge in [-0.05, 0) is 47.8 Å². The molecule has 1 aromatic heterocycles. The maximum Gasteiger partial charge on any atom is 0.357 e. The molecule has 1 heterocycles. The molecule has 0 saturated carbocycles. The van der Waals surface area contributed by atoms with Gasteiger partial charge in [-0.3, -0.25) is 4.55 Å². The molecule has 106 valence electrons. The molecule has 2 rings (SSSR count). The third-order valence-electron chi connectivity index (χ3n) is 2.13. The van der Waals surface area contributed by atoms with Gasteiger partial charge >= 0.3 is 11.4 Å². The van der Waals surface area contributed by atoms with Crippen molar-refractivity contribution in [2.24, 2.45) is 0 Å². The minimum absolute atomic E-state index is 0.0761. The molecule has 0 aliphatic heterocycles. The standard InChI is InChI=1S/C10H8Cl2N4O3S/c1-5-2-3-6(7(4-5)19-20(17)18)13-10-15-8(11)14-9(12)16-10/h2-4H,1H3,(H,17,18)(H,13,14,15,16). The van der Waals surface area contributed by atoms with Crippen molar-refractivity contribution in [3.05, 3.63) is 34.3 Å². The van der Waals surface area contributed by atoms with Gasteiger partial charge in [0.05, 0.1) is 5.69 Å². The molecule has 0 aliphatic carbocycles. The third-order valence-corrected chi connectivity index (χ3v) is 2.79. The van der Waals surface area contributed by atoms with Gasteiger partial charge in [0.15, 0.2) is 5.75 Å². The van der Waals surface area contributed by atoms with Crippen molar-refractivity contribution in [3.8, 4) is 5.75 Å². The summed E-state index contributed by atoms with van der Waals surface area (Å²) in [5, 5.41) is 2.63. The highest BCUT2D eigenvalue weighted by molar-refractivity contribution is 7.74. The second-order valence-corrected chi connectivity index (χ2v) is 4.90.